The molecule has 0 amide bonds. The smallest absolute Gasteiger partial charge is 0.135 e. The van der Waals surface area contributed by atoms with Crippen molar-refractivity contribution in [3.05, 3.63) is 65.0 Å². The highest BCUT2D eigenvalue weighted by Crippen LogP contribution is 2.20. The topological polar surface area (TPSA) is 29.3 Å². The molecule has 0 aliphatic rings. The number of nitrogens with zero attached hydrogens (tertiary/aromatic N) is 1. The van der Waals surface area contributed by atoms with Crippen LogP contribution < -0.4 is 10.6 Å². The van der Waals surface area contributed by atoms with Crippen LogP contribution in [0.4, 0.5) is 10.1 Å². The maximum atomic E-state index is 13.9. The number of nitrogens with two attached hydrogens (primary N) is 1. The van der Waals surface area contributed by atoms with E-state index in [2.05, 4.69) is 19.1 Å². The van der Waals surface area contributed by atoms with E-state index in [0.717, 1.165) is 12.2 Å². The third kappa shape index (κ3) is 3.14. The van der Waals surface area contributed by atoms with Crippen LogP contribution in [0.1, 0.15) is 16.7 Å². The maximum Gasteiger partial charge on any atom is 0.135 e. The average molecular weight is 288 g/mol. The standard InChI is InChI=1S/C16H17FN2S/c1-11-5-3-4-6-12(11)10-19(2)13-7-8-14(16(18)20)15(17)9-13/h3-9H,10H2,1-2H3,(H2,18,20). The Kier molecular flexibility index (Phi) is 4.35. The first-order chi connectivity index (χ1) is 9.49. The van der Waals surface area contributed by atoms with Gasteiger partial charge in [0.1, 0.15) is 10.8 Å². The Morgan fingerprint density at radius 2 is 1.95 bits per heavy atom. The van der Waals surface area contributed by atoms with Crippen LogP contribution in [0.15, 0.2) is 42.5 Å². The number of anilines is 1. The van der Waals surface area contributed by atoms with Crippen molar-refractivity contribution in [2.24, 2.45) is 5.73 Å². The van der Waals surface area contributed by atoms with Crippen molar-refractivity contribution in [1.82, 2.24) is 0 Å². The fraction of sp³-hybridized carbons (Fsp3) is 0.188. The molecule has 104 valence electrons. The second-order valence-corrected chi connectivity index (χ2v) is 5.25. The van der Waals surface area contributed by atoms with Crippen molar-refractivity contribution in [1.29, 1.82) is 0 Å². The Hall–Kier alpha value is -1.94. The van der Waals surface area contributed by atoms with Crippen LogP contribution in [0.3, 0.4) is 0 Å². The van der Waals surface area contributed by atoms with Gasteiger partial charge in [-0.2, -0.15) is 0 Å². The molecule has 0 aliphatic carbocycles. The van der Waals surface area contributed by atoms with Gasteiger partial charge in [-0.05, 0) is 36.2 Å². The van der Waals surface area contributed by atoms with Crippen molar-refractivity contribution in [2.75, 3.05) is 11.9 Å². The van der Waals surface area contributed by atoms with Crippen LogP contribution >= 0.6 is 12.2 Å². The summed E-state index contributed by atoms with van der Waals surface area (Å²) in [5.74, 6) is -0.383. The number of rotatable bonds is 4. The average Bonchev–Trinajstić information content (AvgIpc) is 2.40. The van der Waals surface area contributed by atoms with E-state index in [1.54, 1.807) is 6.07 Å². The van der Waals surface area contributed by atoms with Crippen LogP contribution in [-0.2, 0) is 6.54 Å². The lowest BCUT2D eigenvalue weighted by atomic mass is 10.1. The zero-order valence-corrected chi connectivity index (χ0v) is 12.4. The van der Waals surface area contributed by atoms with E-state index in [9.17, 15) is 4.39 Å². The molecule has 0 aromatic heterocycles. The molecule has 0 saturated heterocycles. The molecule has 0 bridgehead atoms. The summed E-state index contributed by atoms with van der Waals surface area (Å²) in [6, 6.07) is 13.1. The van der Waals surface area contributed by atoms with E-state index in [4.69, 9.17) is 18.0 Å². The molecule has 2 nitrogen and oxygen atoms in total. The summed E-state index contributed by atoms with van der Waals surface area (Å²) in [5, 5.41) is 0. The summed E-state index contributed by atoms with van der Waals surface area (Å²) in [6.07, 6.45) is 0. The number of thiocarbonyl (C=S) groups is 1. The Morgan fingerprint density at radius 1 is 1.25 bits per heavy atom. The summed E-state index contributed by atoms with van der Waals surface area (Å²) < 4.78 is 13.9. The van der Waals surface area contributed by atoms with Gasteiger partial charge >= 0.3 is 0 Å². The fourth-order valence-electron chi connectivity index (χ4n) is 2.08. The molecule has 0 aliphatic heterocycles. The van der Waals surface area contributed by atoms with Crippen LogP contribution in [-0.4, -0.2) is 12.0 Å². The minimum atomic E-state index is -0.383. The molecule has 2 aromatic rings. The van der Waals surface area contributed by atoms with Gasteiger partial charge in [0.15, 0.2) is 0 Å². The van der Waals surface area contributed by atoms with Crippen LogP contribution in [0, 0.1) is 12.7 Å². The highest BCUT2D eigenvalue weighted by molar-refractivity contribution is 7.80. The van der Waals surface area contributed by atoms with Gasteiger partial charge in [-0.25, -0.2) is 4.39 Å². The first-order valence-electron chi connectivity index (χ1n) is 6.34. The number of hydrogen-bond acceptors (Lipinski definition) is 2. The third-order valence-electron chi connectivity index (χ3n) is 3.33. The van der Waals surface area contributed by atoms with E-state index in [1.807, 2.05) is 30.1 Å². The van der Waals surface area contributed by atoms with Crippen molar-refractivity contribution >= 4 is 22.9 Å². The molecule has 0 saturated carbocycles. The highest BCUT2D eigenvalue weighted by atomic mass is 32.1. The van der Waals surface area contributed by atoms with Crippen molar-refractivity contribution in [2.45, 2.75) is 13.5 Å². The van der Waals surface area contributed by atoms with E-state index in [0.29, 0.717) is 0 Å². The van der Waals surface area contributed by atoms with Crippen LogP contribution in [0.2, 0.25) is 0 Å². The molecule has 0 spiro atoms. The summed E-state index contributed by atoms with van der Waals surface area (Å²) in [7, 11) is 1.93. The first kappa shape index (κ1) is 14.5. The number of hydrogen-bond donors (Lipinski definition) is 1. The molecule has 0 atom stereocenters. The van der Waals surface area contributed by atoms with Gasteiger partial charge in [0.25, 0.3) is 0 Å². The number of benzene rings is 2. The van der Waals surface area contributed by atoms with E-state index in [-0.39, 0.29) is 16.4 Å². The molecule has 0 fully saturated rings. The number of aryl methyl sites for hydroxylation is 1. The summed E-state index contributed by atoms with van der Waals surface area (Å²) in [6.45, 7) is 2.79. The normalized spacial score (nSPS) is 10.3. The van der Waals surface area contributed by atoms with Gasteiger partial charge in [0, 0.05) is 24.8 Å². The molecule has 0 unspecified atom stereocenters. The van der Waals surface area contributed by atoms with Crippen molar-refractivity contribution in [3.63, 3.8) is 0 Å². The second-order valence-electron chi connectivity index (χ2n) is 4.81. The highest BCUT2D eigenvalue weighted by Gasteiger charge is 2.09. The van der Waals surface area contributed by atoms with Crippen LogP contribution in [0.5, 0.6) is 0 Å². The van der Waals surface area contributed by atoms with E-state index >= 15 is 0 Å². The summed E-state index contributed by atoms with van der Waals surface area (Å²) in [4.78, 5) is 2.07. The minimum Gasteiger partial charge on any atom is -0.389 e. The van der Waals surface area contributed by atoms with E-state index < -0.39 is 0 Å². The molecule has 2 N–H and O–H groups in total. The molecular formula is C16H17FN2S. The lowest BCUT2D eigenvalue weighted by Crippen LogP contribution is -2.18. The molecule has 2 rings (SSSR count). The Bertz CT molecular complexity index is 640. The zero-order valence-electron chi connectivity index (χ0n) is 11.6. The fourth-order valence-corrected chi connectivity index (χ4v) is 2.24. The largest absolute Gasteiger partial charge is 0.389 e. The predicted octanol–water partition coefficient (Wildman–Crippen LogP) is 3.40. The first-order valence-corrected chi connectivity index (χ1v) is 6.75. The zero-order chi connectivity index (χ0) is 14.7. The lowest BCUT2D eigenvalue weighted by Gasteiger charge is -2.21. The molecule has 20 heavy (non-hydrogen) atoms. The Balaban J connectivity index is 2.22. The third-order valence-corrected chi connectivity index (χ3v) is 3.55. The Morgan fingerprint density at radius 3 is 2.55 bits per heavy atom. The van der Waals surface area contributed by atoms with E-state index in [1.165, 1.54) is 17.2 Å². The molecular weight excluding hydrogens is 271 g/mol. The predicted molar refractivity (Wildman–Crippen MR) is 85.6 cm³/mol. The van der Waals surface area contributed by atoms with Crippen molar-refractivity contribution in [3.8, 4) is 0 Å². The Labute approximate surface area is 124 Å². The van der Waals surface area contributed by atoms with Gasteiger partial charge in [-0.3, -0.25) is 0 Å². The summed E-state index contributed by atoms with van der Waals surface area (Å²) in [5.41, 5.74) is 8.98. The monoisotopic (exact) mass is 288 g/mol. The maximum absolute atomic E-state index is 13.9. The quantitative estimate of drug-likeness (QED) is 0.874. The summed E-state index contributed by atoms with van der Waals surface area (Å²) >= 11 is 4.80. The van der Waals surface area contributed by atoms with Gasteiger partial charge in [-0.1, -0.05) is 36.5 Å². The van der Waals surface area contributed by atoms with Crippen LogP contribution in [0.25, 0.3) is 0 Å². The minimum absolute atomic E-state index is 0.0793. The van der Waals surface area contributed by atoms with Crippen molar-refractivity contribution < 1.29 is 4.39 Å². The van der Waals surface area contributed by atoms with Gasteiger partial charge in [0.2, 0.25) is 0 Å². The molecule has 4 heteroatoms. The van der Waals surface area contributed by atoms with Gasteiger partial charge < -0.3 is 10.6 Å². The second kappa shape index (κ2) is 6.01. The molecule has 2 aromatic carbocycles. The van der Waals surface area contributed by atoms with Gasteiger partial charge in [0.05, 0.1) is 0 Å². The number of halogens is 1. The van der Waals surface area contributed by atoms with Gasteiger partial charge in [-0.15, -0.1) is 0 Å². The SMILES string of the molecule is Cc1ccccc1CN(C)c1ccc(C(N)=S)c(F)c1. The lowest BCUT2D eigenvalue weighted by molar-refractivity contribution is 0.624. The molecule has 0 radical (unpaired) electrons. The molecule has 0 heterocycles.